The number of hydrogen-bond acceptors (Lipinski definition) is 5. The third-order valence-corrected chi connectivity index (χ3v) is 4.31. The van der Waals surface area contributed by atoms with Crippen molar-refractivity contribution >= 4 is 17.6 Å². The molecule has 0 radical (unpaired) electrons. The second-order valence-electron chi connectivity index (χ2n) is 6.12. The van der Waals surface area contributed by atoms with Crippen molar-refractivity contribution in [3.05, 3.63) is 36.7 Å². The Bertz CT molecular complexity index is 798. The van der Waals surface area contributed by atoms with Gasteiger partial charge in [0.1, 0.15) is 25.1 Å². The highest BCUT2D eigenvalue weighted by Gasteiger charge is 2.22. The smallest absolute Gasteiger partial charge is 0.321 e. The zero-order valence-electron chi connectivity index (χ0n) is 15.0. The van der Waals surface area contributed by atoms with E-state index in [9.17, 15) is 14.0 Å². The number of methoxy groups -OCH3 is 1. The summed E-state index contributed by atoms with van der Waals surface area (Å²) in [7, 11) is 1.47. The van der Waals surface area contributed by atoms with Crippen LogP contribution in [0.25, 0.3) is 5.69 Å². The molecule has 1 aliphatic heterocycles. The van der Waals surface area contributed by atoms with E-state index < -0.39 is 11.8 Å². The molecule has 27 heavy (non-hydrogen) atoms. The minimum Gasteiger partial charge on any atom is -0.375 e. The van der Waals surface area contributed by atoms with Crippen LogP contribution in [0.1, 0.15) is 6.42 Å². The first-order valence-corrected chi connectivity index (χ1v) is 8.55. The summed E-state index contributed by atoms with van der Waals surface area (Å²) in [4.78, 5) is 27.7. The van der Waals surface area contributed by atoms with E-state index in [1.165, 1.54) is 31.9 Å². The number of ether oxygens (including phenoxy) is 1. The number of nitrogens with zero attached hydrogens (tertiary/aromatic N) is 5. The lowest BCUT2D eigenvalue weighted by atomic mass is 10.2. The zero-order valence-corrected chi connectivity index (χ0v) is 15.0. The van der Waals surface area contributed by atoms with Crippen molar-refractivity contribution in [1.82, 2.24) is 24.6 Å². The van der Waals surface area contributed by atoms with Crippen molar-refractivity contribution in [3.8, 4) is 5.69 Å². The van der Waals surface area contributed by atoms with Gasteiger partial charge in [-0.1, -0.05) is 0 Å². The predicted molar refractivity (Wildman–Crippen MR) is 95.0 cm³/mol. The number of rotatable bonds is 4. The highest BCUT2D eigenvalue weighted by molar-refractivity contribution is 5.90. The molecule has 2 heterocycles. The van der Waals surface area contributed by atoms with Gasteiger partial charge >= 0.3 is 6.03 Å². The number of hydrogen-bond donors (Lipinski definition) is 1. The minimum atomic E-state index is -0.535. The molecule has 10 heteroatoms. The molecule has 0 aliphatic carbocycles. The number of amides is 3. The number of carbonyl (C=O) groups excluding carboxylic acids is 2. The van der Waals surface area contributed by atoms with E-state index in [-0.39, 0.29) is 18.2 Å². The van der Waals surface area contributed by atoms with Gasteiger partial charge in [0.15, 0.2) is 0 Å². The first-order chi connectivity index (χ1) is 13.1. The van der Waals surface area contributed by atoms with Gasteiger partial charge in [-0.15, -0.1) is 10.2 Å². The number of urea groups is 1. The SMILES string of the molecule is COCC(=O)N1CCCN(C(=O)Nc2cc(-n3cnnc3)ccc2F)CC1. The van der Waals surface area contributed by atoms with Gasteiger partial charge in [-0.2, -0.15) is 0 Å². The molecular formula is C17H21FN6O3. The second kappa shape index (κ2) is 8.58. The molecule has 3 rings (SSSR count). The van der Waals surface area contributed by atoms with Crippen LogP contribution in [0, 0.1) is 5.82 Å². The molecule has 1 aliphatic rings. The Hall–Kier alpha value is -3.01. The third-order valence-electron chi connectivity index (χ3n) is 4.31. The summed E-state index contributed by atoms with van der Waals surface area (Å²) in [6.07, 6.45) is 3.62. The van der Waals surface area contributed by atoms with E-state index in [0.29, 0.717) is 38.3 Å². The van der Waals surface area contributed by atoms with Gasteiger partial charge in [-0.3, -0.25) is 9.36 Å². The lowest BCUT2D eigenvalue weighted by Crippen LogP contribution is -2.40. The Morgan fingerprint density at radius 1 is 1.15 bits per heavy atom. The van der Waals surface area contributed by atoms with Crippen LogP contribution in [0.5, 0.6) is 0 Å². The Balaban J connectivity index is 1.65. The lowest BCUT2D eigenvalue weighted by Gasteiger charge is -2.22. The van der Waals surface area contributed by atoms with Crippen molar-refractivity contribution < 1.29 is 18.7 Å². The first kappa shape index (κ1) is 18.8. The standard InChI is InChI=1S/C17H21FN6O3/c1-27-10-16(25)22-5-2-6-23(8-7-22)17(26)21-15-9-13(3-4-14(15)18)24-11-19-20-12-24/h3-4,9,11-12H,2,5-8,10H2,1H3,(H,21,26). The quantitative estimate of drug-likeness (QED) is 0.863. The molecular weight excluding hydrogens is 355 g/mol. The van der Waals surface area contributed by atoms with Crippen LogP contribution in [-0.2, 0) is 9.53 Å². The average Bonchev–Trinajstić information content (AvgIpc) is 3.07. The molecule has 0 unspecified atom stereocenters. The van der Waals surface area contributed by atoms with Crippen molar-refractivity contribution in [2.45, 2.75) is 6.42 Å². The Kier molecular flexibility index (Phi) is 5.97. The van der Waals surface area contributed by atoms with Crippen LogP contribution >= 0.6 is 0 Å². The first-order valence-electron chi connectivity index (χ1n) is 8.55. The Morgan fingerprint density at radius 2 is 1.85 bits per heavy atom. The van der Waals surface area contributed by atoms with Gasteiger partial charge in [0.05, 0.1) is 11.4 Å². The van der Waals surface area contributed by atoms with E-state index in [1.54, 1.807) is 20.4 Å². The van der Waals surface area contributed by atoms with E-state index in [1.807, 2.05) is 0 Å². The zero-order chi connectivity index (χ0) is 19.2. The lowest BCUT2D eigenvalue weighted by molar-refractivity contribution is -0.134. The molecule has 2 aromatic rings. The summed E-state index contributed by atoms with van der Waals surface area (Å²) in [6, 6.07) is 3.96. The average molecular weight is 376 g/mol. The number of benzene rings is 1. The summed E-state index contributed by atoms with van der Waals surface area (Å²) in [5.74, 6) is -0.639. The third kappa shape index (κ3) is 4.59. The summed E-state index contributed by atoms with van der Waals surface area (Å²) < 4.78 is 20.6. The van der Waals surface area contributed by atoms with Crippen molar-refractivity contribution in [3.63, 3.8) is 0 Å². The number of halogens is 1. The fraction of sp³-hybridized carbons (Fsp3) is 0.412. The summed E-state index contributed by atoms with van der Waals surface area (Å²) in [5.41, 5.74) is 0.701. The maximum atomic E-state index is 14.1. The molecule has 1 fully saturated rings. The molecule has 0 saturated carbocycles. The summed E-state index contributed by atoms with van der Waals surface area (Å²) in [6.45, 7) is 1.85. The molecule has 1 saturated heterocycles. The van der Waals surface area contributed by atoms with Crippen LogP contribution in [0.4, 0.5) is 14.9 Å². The van der Waals surface area contributed by atoms with Gasteiger partial charge in [0.2, 0.25) is 5.91 Å². The number of aromatic nitrogens is 3. The topological polar surface area (TPSA) is 92.6 Å². The van der Waals surface area contributed by atoms with E-state index in [0.717, 1.165) is 0 Å². The molecule has 0 atom stereocenters. The van der Waals surface area contributed by atoms with Crippen LogP contribution in [0.2, 0.25) is 0 Å². The fourth-order valence-electron chi connectivity index (χ4n) is 2.88. The Labute approximate surface area is 155 Å². The normalized spacial score (nSPS) is 14.7. The molecule has 0 spiro atoms. The molecule has 1 N–H and O–H groups in total. The monoisotopic (exact) mass is 376 g/mol. The van der Waals surface area contributed by atoms with Gasteiger partial charge < -0.3 is 19.9 Å². The van der Waals surface area contributed by atoms with Gasteiger partial charge in [-0.05, 0) is 24.6 Å². The van der Waals surface area contributed by atoms with Crippen molar-refractivity contribution in [1.29, 1.82) is 0 Å². The van der Waals surface area contributed by atoms with Gasteiger partial charge in [0, 0.05) is 33.3 Å². The second-order valence-corrected chi connectivity index (χ2v) is 6.12. The number of carbonyl (C=O) groups is 2. The van der Waals surface area contributed by atoms with E-state index >= 15 is 0 Å². The van der Waals surface area contributed by atoms with E-state index in [2.05, 4.69) is 15.5 Å². The maximum Gasteiger partial charge on any atom is 0.321 e. The van der Waals surface area contributed by atoms with Crippen LogP contribution in [0.15, 0.2) is 30.9 Å². The molecule has 9 nitrogen and oxygen atoms in total. The summed E-state index contributed by atoms with van der Waals surface area (Å²) >= 11 is 0. The van der Waals surface area contributed by atoms with Crippen LogP contribution < -0.4 is 5.32 Å². The predicted octanol–water partition coefficient (Wildman–Crippen LogP) is 1.12. The Morgan fingerprint density at radius 3 is 2.59 bits per heavy atom. The molecule has 144 valence electrons. The van der Waals surface area contributed by atoms with Crippen LogP contribution in [-0.4, -0.2) is 76.4 Å². The molecule has 1 aromatic heterocycles. The van der Waals surface area contributed by atoms with Crippen molar-refractivity contribution in [2.24, 2.45) is 0 Å². The molecule has 0 bridgehead atoms. The van der Waals surface area contributed by atoms with Crippen molar-refractivity contribution in [2.75, 3.05) is 45.2 Å². The minimum absolute atomic E-state index is 0.0211. The van der Waals surface area contributed by atoms with E-state index in [4.69, 9.17) is 4.74 Å². The number of anilines is 1. The van der Waals surface area contributed by atoms with Gasteiger partial charge in [-0.25, -0.2) is 9.18 Å². The largest absolute Gasteiger partial charge is 0.375 e. The highest BCUT2D eigenvalue weighted by atomic mass is 19.1. The highest BCUT2D eigenvalue weighted by Crippen LogP contribution is 2.19. The molecule has 3 amide bonds. The fourth-order valence-corrected chi connectivity index (χ4v) is 2.88. The number of nitrogens with one attached hydrogen (secondary N) is 1. The molecule has 1 aromatic carbocycles. The van der Waals surface area contributed by atoms with Gasteiger partial charge in [0.25, 0.3) is 0 Å². The summed E-state index contributed by atoms with van der Waals surface area (Å²) in [5, 5.41) is 10.0. The van der Waals surface area contributed by atoms with Crippen LogP contribution in [0.3, 0.4) is 0 Å². The maximum absolute atomic E-state index is 14.1.